The number of anilines is 1. The molecule has 4 nitrogen and oxygen atoms in total. The number of hydrogen-bond acceptors (Lipinski definition) is 2. The van der Waals surface area contributed by atoms with Crippen molar-refractivity contribution in [3.05, 3.63) is 30.3 Å². The van der Waals surface area contributed by atoms with Crippen LogP contribution in [0.2, 0.25) is 0 Å². The molecule has 0 radical (unpaired) electrons. The van der Waals surface area contributed by atoms with E-state index in [1.807, 2.05) is 28.2 Å². The summed E-state index contributed by atoms with van der Waals surface area (Å²) < 4.78 is 0. The Labute approximate surface area is 145 Å². The minimum atomic E-state index is 0. The molecule has 0 bridgehead atoms. The fourth-order valence-electron chi connectivity index (χ4n) is 2.75. The highest BCUT2D eigenvalue weighted by Crippen LogP contribution is 2.23. The molecular weight excluding hydrogens is 375 g/mol. The Morgan fingerprint density at radius 1 is 1.14 bits per heavy atom. The van der Waals surface area contributed by atoms with Crippen LogP contribution in [0.5, 0.6) is 0 Å². The van der Waals surface area contributed by atoms with E-state index in [9.17, 15) is 0 Å². The van der Waals surface area contributed by atoms with Crippen molar-refractivity contribution in [2.75, 3.05) is 52.7 Å². The predicted molar refractivity (Wildman–Crippen MR) is 102 cm³/mol. The molecule has 0 aromatic heterocycles. The van der Waals surface area contributed by atoms with E-state index in [1.54, 1.807) is 0 Å². The van der Waals surface area contributed by atoms with Gasteiger partial charge in [-0.05, 0) is 24.5 Å². The number of benzene rings is 1. The van der Waals surface area contributed by atoms with Gasteiger partial charge in [-0.3, -0.25) is 4.99 Å². The summed E-state index contributed by atoms with van der Waals surface area (Å²) in [5, 5.41) is 0. The number of hydrogen-bond donors (Lipinski definition) is 0. The Kier molecular flexibility index (Phi) is 7.28. The molecule has 0 amide bonds. The fraction of sp³-hybridized carbons (Fsp3) is 0.562. The summed E-state index contributed by atoms with van der Waals surface area (Å²) in [6.45, 7) is 3.17. The van der Waals surface area contributed by atoms with Crippen LogP contribution in [0, 0.1) is 5.92 Å². The topological polar surface area (TPSA) is 22.1 Å². The van der Waals surface area contributed by atoms with E-state index in [-0.39, 0.29) is 24.0 Å². The van der Waals surface area contributed by atoms with Gasteiger partial charge in [0, 0.05) is 53.5 Å². The van der Waals surface area contributed by atoms with Crippen molar-refractivity contribution in [3.8, 4) is 0 Å². The van der Waals surface area contributed by atoms with Crippen LogP contribution >= 0.6 is 24.0 Å². The zero-order valence-corrected chi connectivity index (χ0v) is 15.8. The Hall–Kier alpha value is -0.980. The third kappa shape index (κ3) is 5.05. The maximum Gasteiger partial charge on any atom is 0.195 e. The molecule has 21 heavy (non-hydrogen) atoms. The van der Waals surface area contributed by atoms with Crippen LogP contribution in [0.15, 0.2) is 35.3 Å². The molecule has 1 aliphatic heterocycles. The van der Waals surface area contributed by atoms with Crippen molar-refractivity contribution in [2.24, 2.45) is 10.9 Å². The summed E-state index contributed by atoms with van der Waals surface area (Å²) in [7, 11) is 8.18. The van der Waals surface area contributed by atoms with Gasteiger partial charge in [-0.2, -0.15) is 0 Å². The van der Waals surface area contributed by atoms with Crippen molar-refractivity contribution >= 4 is 35.6 Å². The molecule has 0 saturated carbocycles. The Balaban J connectivity index is 0.00000220. The van der Waals surface area contributed by atoms with Crippen molar-refractivity contribution in [3.63, 3.8) is 0 Å². The van der Waals surface area contributed by atoms with Crippen LogP contribution in [-0.2, 0) is 0 Å². The quantitative estimate of drug-likeness (QED) is 0.441. The molecule has 1 unspecified atom stereocenters. The normalized spacial score (nSPS) is 17.1. The largest absolute Gasteiger partial charge is 0.371 e. The molecule has 1 aromatic rings. The molecule has 1 heterocycles. The van der Waals surface area contributed by atoms with Gasteiger partial charge in [0.25, 0.3) is 0 Å². The molecule has 118 valence electrons. The van der Waals surface area contributed by atoms with E-state index in [0.717, 1.165) is 25.6 Å². The standard InChI is InChI=1S/C16H26N4.HI/c1-18(2)16(19(3)4)17-12-14-10-11-20(13-14)15-8-6-5-7-9-15;/h5-9,14H,10-13H2,1-4H3;1H. The lowest BCUT2D eigenvalue weighted by Crippen LogP contribution is -2.36. The summed E-state index contributed by atoms with van der Waals surface area (Å²) in [5.41, 5.74) is 1.33. The highest BCUT2D eigenvalue weighted by atomic mass is 127. The van der Waals surface area contributed by atoms with E-state index >= 15 is 0 Å². The first-order chi connectivity index (χ1) is 9.58. The van der Waals surface area contributed by atoms with Crippen LogP contribution in [0.3, 0.4) is 0 Å². The number of para-hydroxylation sites is 1. The second-order valence-electron chi connectivity index (χ2n) is 5.87. The molecule has 0 N–H and O–H groups in total. The summed E-state index contributed by atoms with van der Waals surface area (Å²) in [6.07, 6.45) is 1.23. The SMILES string of the molecule is CN(C)C(=NCC1CCN(c2ccccc2)C1)N(C)C.I. The van der Waals surface area contributed by atoms with Crippen LogP contribution in [0.4, 0.5) is 5.69 Å². The molecule has 1 aromatic carbocycles. The van der Waals surface area contributed by atoms with Gasteiger partial charge in [0.05, 0.1) is 0 Å². The average molecular weight is 402 g/mol. The Bertz CT molecular complexity index is 435. The Morgan fingerprint density at radius 2 is 1.76 bits per heavy atom. The van der Waals surface area contributed by atoms with E-state index < -0.39 is 0 Å². The van der Waals surface area contributed by atoms with Gasteiger partial charge in [0.15, 0.2) is 5.96 Å². The van der Waals surface area contributed by atoms with Crippen molar-refractivity contribution < 1.29 is 0 Å². The first kappa shape index (κ1) is 18.1. The summed E-state index contributed by atoms with van der Waals surface area (Å²) in [4.78, 5) is 11.4. The van der Waals surface area contributed by atoms with Crippen LogP contribution in [-0.4, -0.2) is 63.6 Å². The van der Waals surface area contributed by atoms with Gasteiger partial charge in [-0.25, -0.2) is 0 Å². The molecule has 2 rings (SSSR count). The predicted octanol–water partition coefficient (Wildman–Crippen LogP) is 2.61. The second-order valence-corrected chi connectivity index (χ2v) is 5.87. The molecule has 0 spiro atoms. The zero-order chi connectivity index (χ0) is 14.5. The number of nitrogens with zero attached hydrogens (tertiary/aromatic N) is 4. The molecule has 1 fully saturated rings. The van der Waals surface area contributed by atoms with Crippen LogP contribution in [0.1, 0.15) is 6.42 Å². The minimum absolute atomic E-state index is 0. The van der Waals surface area contributed by atoms with Crippen LogP contribution in [0.25, 0.3) is 0 Å². The van der Waals surface area contributed by atoms with E-state index in [4.69, 9.17) is 4.99 Å². The highest BCUT2D eigenvalue weighted by Gasteiger charge is 2.22. The minimum Gasteiger partial charge on any atom is -0.371 e. The number of aliphatic imine (C=N–C) groups is 1. The van der Waals surface area contributed by atoms with Crippen molar-refractivity contribution in [2.45, 2.75) is 6.42 Å². The molecule has 1 aliphatic rings. The molecular formula is C16H27IN4. The fourth-order valence-corrected chi connectivity index (χ4v) is 2.75. The summed E-state index contributed by atoms with van der Waals surface area (Å²) in [5.74, 6) is 1.70. The van der Waals surface area contributed by atoms with Gasteiger partial charge >= 0.3 is 0 Å². The maximum atomic E-state index is 4.77. The lowest BCUT2D eigenvalue weighted by atomic mass is 10.1. The third-order valence-corrected chi connectivity index (χ3v) is 3.70. The van der Waals surface area contributed by atoms with Crippen molar-refractivity contribution in [1.29, 1.82) is 0 Å². The maximum absolute atomic E-state index is 4.77. The average Bonchev–Trinajstić information content (AvgIpc) is 2.88. The molecule has 5 heteroatoms. The van der Waals surface area contributed by atoms with E-state index in [1.165, 1.54) is 12.1 Å². The van der Waals surface area contributed by atoms with Crippen LogP contribution < -0.4 is 4.90 Å². The van der Waals surface area contributed by atoms with Gasteiger partial charge in [0.1, 0.15) is 0 Å². The van der Waals surface area contributed by atoms with E-state index in [0.29, 0.717) is 5.92 Å². The van der Waals surface area contributed by atoms with Gasteiger partial charge < -0.3 is 14.7 Å². The van der Waals surface area contributed by atoms with Gasteiger partial charge in [-0.1, -0.05) is 18.2 Å². The van der Waals surface area contributed by atoms with E-state index in [2.05, 4.69) is 45.0 Å². The van der Waals surface area contributed by atoms with Gasteiger partial charge in [-0.15, -0.1) is 24.0 Å². The zero-order valence-electron chi connectivity index (χ0n) is 13.5. The summed E-state index contributed by atoms with van der Waals surface area (Å²) >= 11 is 0. The summed E-state index contributed by atoms with van der Waals surface area (Å²) in [6, 6.07) is 10.7. The molecule has 1 atom stereocenters. The smallest absolute Gasteiger partial charge is 0.195 e. The Morgan fingerprint density at radius 3 is 2.33 bits per heavy atom. The number of guanidine groups is 1. The molecule has 1 saturated heterocycles. The first-order valence-corrected chi connectivity index (χ1v) is 7.27. The first-order valence-electron chi connectivity index (χ1n) is 7.27. The second kappa shape index (κ2) is 8.46. The molecule has 0 aliphatic carbocycles. The number of halogens is 1. The van der Waals surface area contributed by atoms with Crippen molar-refractivity contribution in [1.82, 2.24) is 9.80 Å². The monoisotopic (exact) mass is 402 g/mol. The lowest BCUT2D eigenvalue weighted by Gasteiger charge is -2.23. The van der Waals surface area contributed by atoms with Gasteiger partial charge in [0.2, 0.25) is 0 Å². The highest BCUT2D eigenvalue weighted by molar-refractivity contribution is 14.0. The lowest BCUT2D eigenvalue weighted by molar-refractivity contribution is 0.472. The number of rotatable bonds is 3. The third-order valence-electron chi connectivity index (χ3n) is 3.70.